The van der Waals surface area contributed by atoms with E-state index in [0.29, 0.717) is 11.8 Å². The lowest BCUT2D eigenvalue weighted by Crippen LogP contribution is -1.93. The van der Waals surface area contributed by atoms with Gasteiger partial charge in [-0.25, -0.2) is 9.97 Å². The van der Waals surface area contributed by atoms with E-state index in [2.05, 4.69) is 206 Å². The van der Waals surface area contributed by atoms with E-state index in [4.69, 9.17) is 8.83 Å². The Morgan fingerprint density at radius 3 is 1.10 bits per heavy atom. The molecule has 0 spiro atoms. The van der Waals surface area contributed by atoms with Crippen molar-refractivity contribution in [1.29, 1.82) is 0 Å². The van der Waals surface area contributed by atoms with Gasteiger partial charge in [0.1, 0.15) is 11.0 Å². The van der Waals surface area contributed by atoms with E-state index in [1.54, 1.807) is 0 Å². The van der Waals surface area contributed by atoms with Crippen LogP contribution >= 0.6 is 0 Å². The second-order valence-electron chi connectivity index (χ2n) is 19.4. The van der Waals surface area contributed by atoms with Crippen molar-refractivity contribution in [2.75, 3.05) is 0 Å². The Hall–Kier alpha value is -10.7. The Bertz CT molecular complexity index is 4480. The molecule has 16 rings (SSSR count). The van der Waals surface area contributed by atoms with Gasteiger partial charge in [-0.15, -0.1) is 0 Å². The molecular formula is C70H42N6O2. The highest BCUT2D eigenvalue weighted by molar-refractivity contribution is 6.25. The fourth-order valence-corrected chi connectivity index (χ4v) is 11.5. The molecule has 0 aliphatic heterocycles. The summed E-state index contributed by atoms with van der Waals surface area (Å²) in [6.45, 7) is 0. The molecule has 0 bridgehead atoms. The van der Waals surface area contributed by atoms with Crippen LogP contribution in [0.1, 0.15) is 0 Å². The van der Waals surface area contributed by atoms with E-state index < -0.39 is 0 Å². The monoisotopic (exact) mass is 998 g/mol. The van der Waals surface area contributed by atoms with Crippen LogP contribution in [0.25, 0.3) is 154 Å². The summed E-state index contributed by atoms with van der Waals surface area (Å²) in [7, 11) is 0. The van der Waals surface area contributed by atoms with Gasteiger partial charge in [0.05, 0.1) is 24.1 Å². The van der Waals surface area contributed by atoms with Crippen molar-refractivity contribution < 1.29 is 8.83 Å². The minimum Gasteiger partial charge on any atom is -0.436 e. The van der Waals surface area contributed by atoms with Gasteiger partial charge in [-0.1, -0.05) is 182 Å². The van der Waals surface area contributed by atoms with E-state index in [1.165, 1.54) is 65.3 Å². The summed E-state index contributed by atoms with van der Waals surface area (Å²) in [6, 6.07) is 82.0. The number of fused-ring (bicyclic) bond motifs is 8. The van der Waals surface area contributed by atoms with Gasteiger partial charge in [0.15, 0.2) is 11.2 Å². The molecule has 0 N–H and O–H groups in total. The third-order valence-corrected chi connectivity index (χ3v) is 15.0. The lowest BCUT2D eigenvalue weighted by Gasteiger charge is -2.18. The Kier molecular flexibility index (Phi) is 10.7. The average molecular weight is 999 g/mol. The zero-order valence-electron chi connectivity index (χ0n) is 41.7. The Labute approximate surface area is 446 Å². The van der Waals surface area contributed by atoms with E-state index in [0.717, 1.165) is 77.3 Å². The summed E-state index contributed by atoms with van der Waals surface area (Å²) in [5.74, 6) is 1.26. The van der Waals surface area contributed by atoms with Gasteiger partial charge < -0.3 is 8.83 Å². The van der Waals surface area contributed by atoms with Crippen molar-refractivity contribution >= 4 is 87.0 Å². The molecule has 8 nitrogen and oxygen atoms in total. The van der Waals surface area contributed by atoms with E-state index in [-0.39, 0.29) is 0 Å². The van der Waals surface area contributed by atoms with Crippen LogP contribution in [0.5, 0.6) is 0 Å². The zero-order valence-corrected chi connectivity index (χ0v) is 41.7. The minimum atomic E-state index is 0.630. The molecule has 8 heteroatoms. The highest BCUT2D eigenvalue weighted by Crippen LogP contribution is 2.47. The fraction of sp³-hybridized carbons (Fsp3) is 0. The van der Waals surface area contributed by atoms with Gasteiger partial charge in [0, 0.05) is 32.8 Å². The van der Waals surface area contributed by atoms with Crippen LogP contribution in [0.15, 0.2) is 264 Å². The molecule has 0 radical (unpaired) electrons. The first-order valence-corrected chi connectivity index (χ1v) is 25.9. The molecular weight excluding hydrogens is 957 g/mol. The topological polar surface area (TPSA) is 104 Å². The Morgan fingerprint density at radius 1 is 0.244 bits per heavy atom. The van der Waals surface area contributed by atoms with Crippen LogP contribution < -0.4 is 0 Å². The van der Waals surface area contributed by atoms with Gasteiger partial charge in [-0.05, 0) is 137 Å². The van der Waals surface area contributed by atoms with Crippen LogP contribution in [0.4, 0.5) is 0 Å². The number of rotatable bonds is 6. The van der Waals surface area contributed by atoms with Crippen molar-refractivity contribution in [1.82, 2.24) is 30.4 Å². The van der Waals surface area contributed by atoms with Gasteiger partial charge in [-0.3, -0.25) is 0 Å². The number of benzene rings is 12. The fourth-order valence-electron chi connectivity index (χ4n) is 11.5. The van der Waals surface area contributed by atoms with Crippen molar-refractivity contribution in [3.63, 3.8) is 0 Å². The molecule has 0 atom stereocenters. The molecule has 0 aliphatic rings. The zero-order chi connectivity index (χ0) is 51.5. The molecule has 0 aliphatic carbocycles. The third kappa shape index (κ3) is 7.53. The van der Waals surface area contributed by atoms with Gasteiger partial charge >= 0.3 is 0 Å². The highest BCUT2D eigenvalue weighted by Gasteiger charge is 2.21. The summed E-state index contributed by atoms with van der Waals surface area (Å²) in [4.78, 5) is 9.36. The molecule has 4 aromatic heterocycles. The van der Waals surface area contributed by atoms with Crippen molar-refractivity contribution in [2.45, 2.75) is 0 Å². The molecule has 16 aromatic rings. The molecule has 0 unspecified atom stereocenters. The maximum atomic E-state index is 6.02. The molecule has 4 heterocycles. The molecule has 12 aromatic carbocycles. The first kappa shape index (κ1) is 44.8. The largest absolute Gasteiger partial charge is 0.436 e. The predicted molar refractivity (Wildman–Crippen MR) is 317 cm³/mol. The average Bonchev–Trinajstić information content (AvgIpc) is 4.19. The number of para-hydroxylation sites is 4. The van der Waals surface area contributed by atoms with Gasteiger partial charge in [0.25, 0.3) is 0 Å². The Morgan fingerprint density at radius 2 is 0.628 bits per heavy atom. The molecule has 364 valence electrons. The number of aromatic nitrogens is 6. The lowest BCUT2D eigenvalue weighted by molar-refractivity contribution is 0.619. The second-order valence-corrected chi connectivity index (χ2v) is 19.4. The number of oxazole rings is 2. The van der Waals surface area contributed by atoms with E-state index in [1.807, 2.05) is 79.3 Å². The molecule has 0 saturated heterocycles. The minimum absolute atomic E-state index is 0.630. The Balaban J connectivity index is 0.000000136. The number of hydrogen-bond donors (Lipinski definition) is 0. The van der Waals surface area contributed by atoms with Crippen LogP contribution in [0.2, 0.25) is 0 Å². The van der Waals surface area contributed by atoms with E-state index in [9.17, 15) is 0 Å². The maximum absolute atomic E-state index is 6.02. The lowest BCUT2D eigenvalue weighted by atomic mass is 9.85. The first-order valence-electron chi connectivity index (χ1n) is 25.9. The number of nitrogens with zero attached hydrogens (tertiary/aromatic N) is 6. The summed E-state index contributed by atoms with van der Waals surface area (Å²) < 4.78 is 12.0. The summed E-state index contributed by atoms with van der Waals surface area (Å²) in [5.41, 5.74) is 15.5. The second kappa shape index (κ2) is 18.6. The maximum Gasteiger partial charge on any atom is 0.227 e. The molecule has 0 amide bonds. The van der Waals surface area contributed by atoms with Crippen LogP contribution in [-0.2, 0) is 0 Å². The van der Waals surface area contributed by atoms with Crippen LogP contribution in [-0.4, -0.2) is 30.4 Å². The summed E-state index contributed by atoms with van der Waals surface area (Å²) in [5, 5.41) is 29.9. The van der Waals surface area contributed by atoms with Gasteiger partial charge in [-0.2, -0.15) is 20.4 Å². The van der Waals surface area contributed by atoms with Crippen molar-refractivity contribution in [3.8, 4) is 67.4 Å². The molecule has 78 heavy (non-hydrogen) atoms. The molecule has 0 saturated carbocycles. The quantitative estimate of drug-likeness (QED) is 0.152. The number of hydrogen-bond acceptors (Lipinski definition) is 8. The predicted octanol–water partition coefficient (Wildman–Crippen LogP) is 18.2. The normalized spacial score (nSPS) is 11.6. The van der Waals surface area contributed by atoms with Crippen molar-refractivity contribution in [3.05, 3.63) is 255 Å². The van der Waals surface area contributed by atoms with E-state index >= 15 is 0 Å². The van der Waals surface area contributed by atoms with Gasteiger partial charge in [0.2, 0.25) is 11.8 Å². The molecule has 0 fully saturated rings. The SMILES string of the molecule is c1cc(-c2c3ccccc3c(-c3ccc(-c4nc5ccccc5o4)cc3)c3ccccc23)c2cnncc2c1.c1ccc2oc(-c3ccc(-c4c5ccccc5c(-c5cnnc6ccccc56)c5ccccc45)cc3)nc2c1. The first-order chi connectivity index (χ1) is 38.7. The van der Waals surface area contributed by atoms with Crippen molar-refractivity contribution in [2.24, 2.45) is 0 Å². The summed E-state index contributed by atoms with van der Waals surface area (Å²) >= 11 is 0. The highest BCUT2D eigenvalue weighted by atomic mass is 16.4. The summed E-state index contributed by atoms with van der Waals surface area (Å²) in [6.07, 6.45) is 5.59. The van der Waals surface area contributed by atoms with Crippen LogP contribution in [0.3, 0.4) is 0 Å². The smallest absolute Gasteiger partial charge is 0.227 e. The third-order valence-electron chi connectivity index (χ3n) is 15.0. The van der Waals surface area contributed by atoms with Crippen LogP contribution in [0, 0.1) is 0 Å². The standard InChI is InChI=1S/2C35H21N3O/c1-3-12-27-25(10-1)33(22-17-19-23(20-18-22)35-37-31-15-7-8-16-32(31)39-35)26-11-2-4-13-28(26)34(27)29-21-36-38-30-14-6-5-9-24(29)30;1-3-11-27-25(9-1)33(22-16-18-23(19-17-22)35-38-31-14-5-6-15-32(31)39-35)26-10-2-4-12-28(26)34(27)29-13-7-8-24-20-36-37-21-30(24)29/h2*1-21H.